The van der Waals surface area contributed by atoms with E-state index in [-0.39, 0.29) is 7.43 Å². The number of rotatable bonds is 1. The molecule has 0 fully saturated rings. The molecule has 8 heteroatoms. The third-order valence-corrected chi connectivity index (χ3v) is 1.75. The molecule has 0 aromatic rings. The van der Waals surface area contributed by atoms with Crippen LogP contribution in [0.5, 0.6) is 0 Å². The fourth-order valence-corrected chi connectivity index (χ4v) is 0.741. The van der Waals surface area contributed by atoms with E-state index in [1.54, 1.807) is 0 Å². The van der Waals surface area contributed by atoms with Crippen LogP contribution in [0.25, 0.3) is 0 Å². The van der Waals surface area contributed by atoms with Crippen LogP contribution >= 0.6 is 0 Å². The summed E-state index contributed by atoms with van der Waals surface area (Å²) in [6.45, 7) is 0.670. The maximum absolute atomic E-state index is 11.4. The fourth-order valence-electron chi connectivity index (χ4n) is 0.247. The van der Waals surface area contributed by atoms with E-state index in [0.29, 0.717) is 6.92 Å². The molecule has 0 unspecified atom stereocenters. The van der Waals surface area contributed by atoms with Crippen molar-refractivity contribution in [3.63, 3.8) is 0 Å². The Morgan fingerprint density at radius 1 is 1.33 bits per heavy atom. The molecule has 74 valence electrons. The number of nitrogens with one attached hydrogen (secondary N) is 1. The lowest BCUT2D eigenvalue weighted by molar-refractivity contribution is -0.117. The Balaban J connectivity index is 0. The van der Waals surface area contributed by atoms with Crippen LogP contribution in [-0.2, 0) is 14.8 Å². The quantitative estimate of drug-likeness (QED) is 0.685. The topological polar surface area (TPSA) is 63.2 Å². The monoisotopic (exact) mass is 207 g/mol. The first-order valence-electron chi connectivity index (χ1n) is 2.26. The van der Waals surface area contributed by atoms with Gasteiger partial charge in [-0.3, -0.25) is 4.79 Å². The van der Waals surface area contributed by atoms with Gasteiger partial charge < -0.3 is 0 Å². The Bertz CT molecular complexity index is 255. The first-order valence-corrected chi connectivity index (χ1v) is 3.75. The second kappa shape index (κ2) is 3.74. The van der Waals surface area contributed by atoms with Gasteiger partial charge in [-0.1, -0.05) is 7.43 Å². The number of carbonyl (C=O) groups is 1. The molecule has 0 radical (unpaired) electrons. The van der Waals surface area contributed by atoms with Crippen molar-refractivity contribution in [2.24, 2.45) is 0 Å². The van der Waals surface area contributed by atoms with Gasteiger partial charge in [0.15, 0.2) is 0 Å². The van der Waals surface area contributed by atoms with Crippen molar-refractivity contribution >= 4 is 15.9 Å². The molecule has 0 aliphatic heterocycles. The summed E-state index contributed by atoms with van der Waals surface area (Å²) in [4.78, 5) is 9.92. The zero-order valence-electron chi connectivity index (χ0n) is 5.27. The normalized spacial score (nSPS) is 11.7. The van der Waals surface area contributed by atoms with Gasteiger partial charge in [0.05, 0.1) is 0 Å². The van der Waals surface area contributed by atoms with Crippen LogP contribution in [0.1, 0.15) is 14.4 Å². The molecule has 0 aromatic carbocycles. The number of amides is 1. The lowest BCUT2D eigenvalue weighted by atomic mass is 10.8. The molecule has 0 atom stereocenters. The molecule has 12 heavy (non-hydrogen) atoms. The number of alkyl halides is 3. The van der Waals surface area contributed by atoms with E-state index in [2.05, 4.69) is 0 Å². The Kier molecular flexibility index (Phi) is 4.30. The van der Waals surface area contributed by atoms with Crippen molar-refractivity contribution in [2.45, 2.75) is 19.9 Å². The molecular weight excluding hydrogens is 199 g/mol. The van der Waals surface area contributed by atoms with Crippen LogP contribution in [0.15, 0.2) is 0 Å². The van der Waals surface area contributed by atoms with Crippen molar-refractivity contribution < 1.29 is 26.4 Å². The van der Waals surface area contributed by atoms with E-state index in [1.165, 1.54) is 0 Å². The Morgan fingerprint density at radius 3 is 1.75 bits per heavy atom. The number of hydrogen-bond donors (Lipinski definition) is 1. The SMILES string of the molecule is C.CC(=O)NS(=O)(=O)C(F)(F)F. The van der Waals surface area contributed by atoms with E-state index in [9.17, 15) is 26.4 Å². The van der Waals surface area contributed by atoms with Crippen molar-refractivity contribution in [2.75, 3.05) is 0 Å². The van der Waals surface area contributed by atoms with Crippen LogP contribution < -0.4 is 4.72 Å². The standard InChI is InChI=1S/C3H4F3NO3S.CH4/c1-2(8)7-11(9,10)3(4,5)6;/h1H3,(H,7,8);1H4. The summed E-state index contributed by atoms with van der Waals surface area (Å²) in [5.41, 5.74) is -5.43. The summed E-state index contributed by atoms with van der Waals surface area (Å²) in [5.74, 6) is -1.28. The maximum Gasteiger partial charge on any atom is 0.516 e. The van der Waals surface area contributed by atoms with E-state index in [0.717, 1.165) is 4.72 Å². The van der Waals surface area contributed by atoms with Gasteiger partial charge in [0, 0.05) is 6.92 Å². The lowest BCUT2D eigenvalue weighted by Gasteiger charge is -2.06. The Morgan fingerprint density at radius 2 is 1.67 bits per heavy atom. The first-order chi connectivity index (χ1) is 4.67. The fraction of sp³-hybridized carbons (Fsp3) is 0.750. The smallest absolute Gasteiger partial charge is 0.274 e. The Hall–Kier alpha value is -0.790. The van der Waals surface area contributed by atoms with Crippen molar-refractivity contribution in [3.8, 4) is 0 Å². The minimum absolute atomic E-state index is 0. The summed E-state index contributed by atoms with van der Waals surface area (Å²) in [6, 6.07) is 0. The van der Waals surface area contributed by atoms with E-state index in [4.69, 9.17) is 0 Å². The van der Waals surface area contributed by atoms with Gasteiger partial charge in [-0.15, -0.1) is 0 Å². The molecule has 0 aromatic heterocycles. The van der Waals surface area contributed by atoms with Crippen LogP contribution in [0.2, 0.25) is 0 Å². The Labute approximate surface area is 67.8 Å². The minimum atomic E-state index is -5.50. The highest BCUT2D eigenvalue weighted by molar-refractivity contribution is 7.90. The van der Waals surface area contributed by atoms with Gasteiger partial charge in [0.2, 0.25) is 5.91 Å². The molecule has 0 spiro atoms. The minimum Gasteiger partial charge on any atom is -0.274 e. The first kappa shape index (κ1) is 13.8. The van der Waals surface area contributed by atoms with Crippen LogP contribution in [0.3, 0.4) is 0 Å². The summed E-state index contributed by atoms with van der Waals surface area (Å²) in [7, 11) is -5.50. The molecule has 0 heterocycles. The van der Waals surface area contributed by atoms with E-state index >= 15 is 0 Å². The van der Waals surface area contributed by atoms with Crippen molar-refractivity contribution in [1.29, 1.82) is 0 Å². The van der Waals surface area contributed by atoms with Crippen LogP contribution in [0, 0.1) is 0 Å². The molecule has 0 bridgehead atoms. The van der Waals surface area contributed by atoms with Crippen molar-refractivity contribution in [3.05, 3.63) is 0 Å². The second-order valence-corrected chi connectivity index (χ2v) is 3.28. The maximum atomic E-state index is 11.4. The van der Waals surface area contributed by atoms with Gasteiger partial charge in [-0.05, 0) is 0 Å². The highest BCUT2D eigenvalue weighted by Gasteiger charge is 2.46. The molecule has 1 amide bonds. The predicted octanol–water partition coefficient (Wildman–Crippen LogP) is 0.608. The largest absolute Gasteiger partial charge is 0.516 e. The number of hydrogen-bond acceptors (Lipinski definition) is 3. The summed E-state index contributed by atoms with van der Waals surface area (Å²) in [5, 5.41) is 0. The van der Waals surface area contributed by atoms with Gasteiger partial charge >= 0.3 is 15.5 Å². The molecule has 1 N–H and O–H groups in total. The van der Waals surface area contributed by atoms with E-state index < -0.39 is 21.4 Å². The number of halogens is 3. The average Bonchev–Trinajstić information content (AvgIpc) is 1.56. The number of sulfonamides is 1. The molecule has 0 saturated heterocycles. The zero-order valence-corrected chi connectivity index (χ0v) is 6.08. The third kappa shape index (κ3) is 3.56. The van der Waals surface area contributed by atoms with Gasteiger partial charge in [0.1, 0.15) is 0 Å². The van der Waals surface area contributed by atoms with Crippen LogP contribution in [-0.4, -0.2) is 19.8 Å². The third-order valence-electron chi connectivity index (χ3n) is 0.583. The second-order valence-electron chi connectivity index (χ2n) is 1.61. The molecular formula is C4H8F3NO3S. The summed E-state index contributed by atoms with van der Waals surface area (Å²) >= 11 is 0. The molecule has 4 nitrogen and oxygen atoms in total. The van der Waals surface area contributed by atoms with Crippen molar-refractivity contribution in [1.82, 2.24) is 4.72 Å². The molecule has 0 saturated carbocycles. The number of carbonyl (C=O) groups excluding carboxylic acids is 1. The molecule has 0 aliphatic carbocycles. The highest BCUT2D eigenvalue weighted by Crippen LogP contribution is 2.21. The molecule has 0 aliphatic rings. The average molecular weight is 207 g/mol. The van der Waals surface area contributed by atoms with Gasteiger partial charge in [-0.25, -0.2) is 4.72 Å². The summed E-state index contributed by atoms with van der Waals surface area (Å²) in [6.07, 6.45) is 0. The highest BCUT2D eigenvalue weighted by atomic mass is 32.2. The zero-order chi connectivity index (χ0) is 9.28. The molecule has 0 rings (SSSR count). The van der Waals surface area contributed by atoms with Gasteiger partial charge in [-0.2, -0.15) is 21.6 Å². The van der Waals surface area contributed by atoms with E-state index in [1.807, 2.05) is 0 Å². The van der Waals surface area contributed by atoms with Gasteiger partial charge in [0.25, 0.3) is 0 Å². The predicted molar refractivity (Wildman–Crippen MR) is 35.5 cm³/mol. The summed E-state index contributed by atoms with van der Waals surface area (Å²) < 4.78 is 55.0. The van der Waals surface area contributed by atoms with Crippen LogP contribution in [0.4, 0.5) is 13.2 Å². The lowest BCUT2D eigenvalue weighted by Crippen LogP contribution is -2.38.